The summed E-state index contributed by atoms with van der Waals surface area (Å²) >= 11 is 0. The van der Waals surface area contributed by atoms with Gasteiger partial charge in [0.1, 0.15) is 0 Å². The Balaban J connectivity index is 2.00. The number of aromatic nitrogens is 4. The Kier molecular flexibility index (Phi) is 3.51. The largest absolute Gasteiger partial charge is 0.481 e. The molecule has 0 saturated heterocycles. The Bertz CT molecular complexity index is 722. The van der Waals surface area contributed by atoms with Crippen molar-refractivity contribution in [3.05, 3.63) is 42.9 Å². The zero-order valence-corrected chi connectivity index (χ0v) is 11.8. The van der Waals surface area contributed by atoms with Gasteiger partial charge in [-0.1, -0.05) is 0 Å². The summed E-state index contributed by atoms with van der Waals surface area (Å²) in [6.07, 6.45) is 5.31. The highest BCUT2D eigenvalue weighted by atomic mass is 16.5. The molecule has 0 aliphatic carbocycles. The summed E-state index contributed by atoms with van der Waals surface area (Å²) in [6, 6.07) is 7.76. The molecule has 0 aliphatic heterocycles. The van der Waals surface area contributed by atoms with E-state index in [-0.39, 0.29) is 0 Å². The van der Waals surface area contributed by atoms with Crippen molar-refractivity contribution in [2.24, 2.45) is 0 Å². The summed E-state index contributed by atoms with van der Waals surface area (Å²) in [5, 5.41) is 9.77. The molecule has 3 aromatic heterocycles. The fraction of sp³-hybridized carbons (Fsp3) is 0.133. The lowest BCUT2D eigenvalue weighted by Crippen LogP contribution is -1.95. The molecule has 0 fully saturated rings. The maximum Gasteiger partial charge on any atom is 0.221 e. The molecule has 0 saturated carbocycles. The van der Waals surface area contributed by atoms with E-state index in [1.54, 1.807) is 25.7 Å². The minimum Gasteiger partial charge on any atom is -0.481 e. The number of pyridine rings is 2. The Morgan fingerprint density at radius 3 is 2.57 bits per heavy atom. The Morgan fingerprint density at radius 2 is 1.95 bits per heavy atom. The Morgan fingerprint density at radius 1 is 1.10 bits per heavy atom. The molecule has 3 heterocycles. The van der Waals surface area contributed by atoms with Gasteiger partial charge in [0, 0.05) is 24.4 Å². The van der Waals surface area contributed by atoms with E-state index in [0.29, 0.717) is 5.88 Å². The highest BCUT2D eigenvalue weighted by Gasteiger charge is 2.11. The summed E-state index contributed by atoms with van der Waals surface area (Å²) in [7, 11) is 3.46. The lowest BCUT2D eigenvalue weighted by molar-refractivity contribution is 0.400. The SMILES string of the molecule is CNc1ccc(-c2ccc(-c3cn[nH]c3)c(OC)n2)nc1. The first-order valence-electron chi connectivity index (χ1n) is 6.50. The molecular formula is C15H15N5O. The molecule has 106 valence electrons. The first kappa shape index (κ1) is 13.1. The van der Waals surface area contributed by atoms with Gasteiger partial charge >= 0.3 is 0 Å². The lowest BCUT2D eigenvalue weighted by Gasteiger charge is -2.08. The molecule has 3 rings (SSSR count). The standard InChI is InChI=1S/C15H15N5O/c1-16-11-3-5-13(17-9-11)14-6-4-12(15(20-14)21-2)10-7-18-19-8-10/h3-9,16H,1-2H3,(H,18,19). The van der Waals surface area contributed by atoms with Crippen LogP contribution in [0.3, 0.4) is 0 Å². The van der Waals surface area contributed by atoms with Crippen LogP contribution in [0.15, 0.2) is 42.9 Å². The van der Waals surface area contributed by atoms with Crippen LogP contribution in [0.1, 0.15) is 0 Å². The van der Waals surface area contributed by atoms with Gasteiger partial charge in [0.15, 0.2) is 0 Å². The molecule has 0 spiro atoms. The van der Waals surface area contributed by atoms with Crippen molar-refractivity contribution in [2.75, 3.05) is 19.5 Å². The third kappa shape index (κ3) is 2.55. The van der Waals surface area contributed by atoms with Crippen molar-refractivity contribution in [2.45, 2.75) is 0 Å². The van der Waals surface area contributed by atoms with E-state index in [2.05, 4.69) is 25.5 Å². The topological polar surface area (TPSA) is 75.7 Å². The first-order chi connectivity index (χ1) is 10.3. The molecular weight excluding hydrogens is 266 g/mol. The minimum absolute atomic E-state index is 0.549. The minimum atomic E-state index is 0.549. The van der Waals surface area contributed by atoms with Gasteiger partial charge in [-0.25, -0.2) is 4.98 Å². The number of hydrogen-bond acceptors (Lipinski definition) is 5. The number of ether oxygens (including phenoxy) is 1. The zero-order valence-electron chi connectivity index (χ0n) is 11.8. The van der Waals surface area contributed by atoms with Crippen LogP contribution in [0.5, 0.6) is 5.88 Å². The highest BCUT2D eigenvalue weighted by molar-refractivity contribution is 5.70. The van der Waals surface area contributed by atoms with Crippen LogP contribution in [0.25, 0.3) is 22.5 Å². The van der Waals surface area contributed by atoms with Crippen LogP contribution in [-0.4, -0.2) is 34.3 Å². The fourth-order valence-electron chi connectivity index (χ4n) is 2.05. The van der Waals surface area contributed by atoms with Crippen molar-refractivity contribution >= 4 is 5.69 Å². The van der Waals surface area contributed by atoms with Gasteiger partial charge < -0.3 is 10.1 Å². The predicted molar refractivity (Wildman–Crippen MR) is 81.1 cm³/mol. The Hall–Kier alpha value is -2.89. The molecule has 21 heavy (non-hydrogen) atoms. The van der Waals surface area contributed by atoms with E-state index in [1.807, 2.05) is 31.3 Å². The molecule has 6 heteroatoms. The molecule has 6 nitrogen and oxygen atoms in total. The van der Waals surface area contributed by atoms with Gasteiger partial charge in [-0.05, 0) is 24.3 Å². The predicted octanol–water partition coefficient (Wildman–Crippen LogP) is 2.58. The Labute approximate surface area is 122 Å². The molecule has 3 aromatic rings. The second-order valence-corrected chi connectivity index (χ2v) is 4.42. The maximum absolute atomic E-state index is 5.38. The monoisotopic (exact) mass is 281 g/mol. The van der Waals surface area contributed by atoms with E-state index in [9.17, 15) is 0 Å². The number of nitrogens with one attached hydrogen (secondary N) is 2. The van der Waals surface area contributed by atoms with Crippen LogP contribution >= 0.6 is 0 Å². The van der Waals surface area contributed by atoms with Crippen molar-refractivity contribution in [3.63, 3.8) is 0 Å². The van der Waals surface area contributed by atoms with E-state index in [1.165, 1.54) is 0 Å². The number of nitrogens with zero attached hydrogens (tertiary/aromatic N) is 3. The van der Waals surface area contributed by atoms with Gasteiger partial charge in [-0.2, -0.15) is 5.10 Å². The van der Waals surface area contributed by atoms with E-state index >= 15 is 0 Å². The molecule has 0 bridgehead atoms. The van der Waals surface area contributed by atoms with E-state index in [0.717, 1.165) is 28.2 Å². The average Bonchev–Trinajstić information content (AvgIpc) is 3.08. The van der Waals surface area contributed by atoms with Gasteiger partial charge in [0.25, 0.3) is 0 Å². The normalized spacial score (nSPS) is 10.4. The smallest absolute Gasteiger partial charge is 0.221 e. The summed E-state index contributed by atoms with van der Waals surface area (Å²) in [5.74, 6) is 0.549. The van der Waals surface area contributed by atoms with Crippen LogP contribution in [0.2, 0.25) is 0 Å². The van der Waals surface area contributed by atoms with Crippen molar-refractivity contribution in [1.82, 2.24) is 20.2 Å². The molecule has 0 unspecified atom stereocenters. The fourth-order valence-corrected chi connectivity index (χ4v) is 2.05. The van der Waals surface area contributed by atoms with Gasteiger partial charge in [0.2, 0.25) is 5.88 Å². The van der Waals surface area contributed by atoms with E-state index in [4.69, 9.17) is 4.74 Å². The highest BCUT2D eigenvalue weighted by Crippen LogP contribution is 2.30. The van der Waals surface area contributed by atoms with Crippen molar-refractivity contribution in [1.29, 1.82) is 0 Å². The molecule has 0 aromatic carbocycles. The number of rotatable bonds is 4. The number of methoxy groups -OCH3 is 1. The van der Waals surface area contributed by atoms with Crippen LogP contribution in [0, 0.1) is 0 Å². The number of H-pyrrole nitrogens is 1. The average molecular weight is 281 g/mol. The lowest BCUT2D eigenvalue weighted by atomic mass is 10.1. The van der Waals surface area contributed by atoms with Crippen LogP contribution in [0.4, 0.5) is 5.69 Å². The number of anilines is 1. The molecule has 0 aliphatic rings. The van der Waals surface area contributed by atoms with Gasteiger partial charge in [-0.3, -0.25) is 10.1 Å². The quantitative estimate of drug-likeness (QED) is 0.768. The number of aromatic amines is 1. The molecule has 0 radical (unpaired) electrons. The number of hydrogen-bond donors (Lipinski definition) is 2. The second-order valence-electron chi connectivity index (χ2n) is 4.42. The van der Waals surface area contributed by atoms with Crippen LogP contribution < -0.4 is 10.1 Å². The molecule has 0 amide bonds. The first-order valence-corrected chi connectivity index (χ1v) is 6.50. The third-order valence-electron chi connectivity index (χ3n) is 3.18. The summed E-state index contributed by atoms with van der Waals surface area (Å²) in [4.78, 5) is 8.91. The second kappa shape index (κ2) is 5.62. The van der Waals surface area contributed by atoms with Crippen molar-refractivity contribution in [3.8, 4) is 28.4 Å². The van der Waals surface area contributed by atoms with Crippen molar-refractivity contribution < 1.29 is 4.74 Å². The van der Waals surface area contributed by atoms with Crippen LogP contribution in [-0.2, 0) is 0 Å². The maximum atomic E-state index is 5.38. The third-order valence-corrected chi connectivity index (χ3v) is 3.18. The summed E-state index contributed by atoms with van der Waals surface area (Å²) in [6.45, 7) is 0. The summed E-state index contributed by atoms with van der Waals surface area (Å²) < 4.78 is 5.38. The van der Waals surface area contributed by atoms with Gasteiger partial charge in [0.05, 0.1) is 36.6 Å². The molecule has 0 atom stereocenters. The van der Waals surface area contributed by atoms with E-state index < -0.39 is 0 Å². The summed E-state index contributed by atoms with van der Waals surface area (Å²) in [5.41, 5.74) is 4.35. The van der Waals surface area contributed by atoms with Gasteiger partial charge in [-0.15, -0.1) is 0 Å². The molecule has 2 N–H and O–H groups in total. The zero-order chi connectivity index (χ0) is 14.7.